The molecule has 0 spiro atoms. The van der Waals surface area contributed by atoms with Gasteiger partial charge in [-0.15, -0.1) is 22.7 Å². The second-order valence-electron chi connectivity index (χ2n) is 4.79. The van der Waals surface area contributed by atoms with E-state index >= 15 is 0 Å². The van der Waals surface area contributed by atoms with Crippen LogP contribution in [0.15, 0.2) is 0 Å². The second kappa shape index (κ2) is 4.72. The summed E-state index contributed by atoms with van der Waals surface area (Å²) in [4.78, 5) is 12.0. The number of aryl methyl sites for hydroxylation is 3. The standard InChI is InChI=1S/C13H17N3S2/c1-7-12(18-9(3)15-7)11-8(2)17-13(16-11)10-4-5-14-6-10/h10,14H,4-6H2,1-3H3. The molecule has 2 aromatic rings. The highest BCUT2D eigenvalue weighted by Gasteiger charge is 2.23. The Hall–Kier alpha value is -0.780. The van der Waals surface area contributed by atoms with Crippen LogP contribution in [0.2, 0.25) is 0 Å². The molecule has 3 nitrogen and oxygen atoms in total. The molecule has 1 atom stereocenters. The lowest BCUT2D eigenvalue weighted by Crippen LogP contribution is -2.07. The molecule has 0 aliphatic carbocycles. The minimum atomic E-state index is 0.608. The predicted molar refractivity (Wildman–Crippen MR) is 77.7 cm³/mol. The Labute approximate surface area is 115 Å². The Bertz CT molecular complexity index is 565. The van der Waals surface area contributed by atoms with Gasteiger partial charge in [0.15, 0.2) is 0 Å². The van der Waals surface area contributed by atoms with Crippen molar-refractivity contribution in [3.8, 4) is 10.6 Å². The third kappa shape index (κ3) is 2.11. The van der Waals surface area contributed by atoms with Gasteiger partial charge in [-0.05, 0) is 33.7 Å². The van der Waals surface area contributed by atoms with Crippen LogP contribution in [-0.2, 0) is 0 Å². The van der Waals surface area contributed by atoms with Crippen LogP contribution in [0.1, 0.15) is 32.9 Å². The fourth-order valence-corrected chi connectivity index (χ4v) is 4.51. The van der Waals surface area contributed by atoms with E-state index in [0.717, 1.165) is 29.5 Å². The van der Waals surface area contributed by atoms with Gasteiger partial charge in [0.25, 0.3) is 0 Å². The Morgan fingerprint density at radius 3 is 2.61 bits per heavy atom. The van der Waals surface area contributed by atoms with Crippen molar-refractivity contribution in [3.05, 3.63) is 20.6 Å². The van der Waals surface area contributed by atoms with Crippen molar-refractivity contribution >= 4 is 22.7 Å². The molecule has 96 valence electrons. The maximum Gasteiger partial charge on any atom is 0.0979 e. The van der Waals surface area contributed by atoms with E-state index in [1.54, 1.807) is 11.3 Å². The van der Waals surface area contributed by atoms with Crippen LogP contribution in [0.3, 0.4) is 0 Å². The zero-order chi connectivity index (χ0) is 12.7. The van der Waals surface area contributed by atoms with Crippen molar-refractivity contribution in [2.24, 2.45) is 0 Å². The van der Waals surface area contributed by atoms with Crippen LogP contribution >= 0.6 is 22.7 Å². The molecular weight excluding hydrogens is 262 g/mol. The molecule has 3 rings (SSSR count). The van der Waals surface area contributed by atoms with Crippen LogP contribution < -0.4 is 5.32 Å². The summed E-state index contributed by atoms with van der Waals surface area (Å²) in [5.74, 6) is 0.608. The quantitative estimate of drug-likeness (QED) is 0.917. The van der Waals surface area contributed by atoms with Crippen molar-refractivity contribution in [3.63, 3.8) is 0 Å². The minimum Gasteiger partial charge on any atom is -0.316 e. The summed E-state index contributed by atoms with van der Waals surface area (Å²) in [6.45, 7) is 8.51. The van der Waals surface area contributed by atoms with E-state index in [0.29, 0.717) is 5.92 Å². The van der Waals surface area contributed by atoms with Crippen LogP contribution in [-0.4, -0.2) is 23.1 Å². The van der Waals surface area contributed by atoms with Crippen LogP contribution in [0.4, 0.5) is 0 Å². The van der Waals surface area contributed by atoms with Gasteiger partial charge in [-0.2, -0.15) is 0 Å². The van der Waals surface area contributed by atoms with Crippen molar-refractivity contribution in [2.45, 2.75) is 33.1 Å². The van der Waals surface area contributed by atoms with E-state index in [9.17, 15) is 0 Å². The van der Waals surface area contributed by atoms with Gasteiger partial charge in [-0.1, -0.05) is 0 Å². The van der Waals surface area contributed by atoms with Gasteiger partial charge >= 0.3 is 0 Å². The fraction of sp³-hybridized carbons (Fsp3) is 0.538. The molecule has 3 heterocycles. The van der Waals surface area contributed by atoms with E-state index in [4.69, 9.17) is 4.98 Å². The maximum absolute atomic E-state index is 4.89. The van der Waals surface area contributed by atoms with Gasteiger partial charge in [0, 0.05) is 17.3 Å². The van der Waals surface area contributed by atoms with Gasteiger partial charge in [0.1, 0.15) is 0 Å². The van der Waals surface area contributed by atoms with Gasteiger partial charge in [-0.3, -0.25) is 0 Å². The summed E-state index contributed by atoms with van der Waals surface area (Å²) in [7, 11) is 0. The van der Waals surface area contributed by atoms with Crippen molar-refractivity contribution in [1.29, 1.82) is 0 Å². The first-order chi connectivity index (χ1) is 8.65. The van der Waals surface area contributed by atoms with Crippen LogP contribution in [0, 0.1) is 20.8 Å². The summed E-state index contributed by atoms with van der Waals surface area (Å²) < 4.78 is 0. The number of nitrogens with zero attached hydrogens (tertiary/aromatic N) is 2. The highest BCUT2D eigenvalue weighted by Crippen LogP contribution is 2.37. The maximum atomic E-state index is 4.89. The topological polar surface area (TPSA) is 37.8 Å². The van der Waals surface area contributed by atoms with Gasteiger partial charge < -0.3 is 5.32 Å². The summed E-state index contributed by atoms with van der Waals surface area (Å²) >= 11 is 3.61. The van der Waals surface area contributed by atoms with Gasteiger partial charge in [0.05, 0.1) is 26.3 Å². The number of thiazole rings is 2. The van der Waals surface area contributed by atoms with Crippen LogP contribution in [0.5, 0.6) is 0 Å². The molecule has 0 bridgehead atoms. The molecule has 1 saturated heterocycles. The van der Waals surface area contributed by atoms with Gasteiger partial charge in [0.2, 0.25) is 0 Å². The van der Waals surface area contributed by atoms with E-state index in [-0.39, 0.29) is 0 Å². The third-order valence-electron chi connectivity index (χ3n) is 3.34. The SMILES string of the molecule is Cc1nc(C)c(-c2nc(C3CCNC3)sc2C)s1. The average Bonchev–Trinajstić information content (AvgIpc) is 2.98. The molecule has 0 amide bonds. The Kier molecular flexibility index (Phi) is 3.21. The molecule has 1 aliphatic heterocycles. The molecule has 1 N–H and O–H groups in total. The second-order valence-corrected chi connectivity index (χ2v) is 7.23. The van der Waals surface area contributed by atoms with E-state index in [1.807, 2.05) is 11.3 Å². The lowest BCUT2D eigenvalue weighted by molar-refractivity contribution is 0.756. The summed E-state index contributed by atoms with van der Waals surface area (Å²) in [5.41, 5.74) is 2.27. The Morgan fingerprint density at radius 2 is 2.00 bits per heavy atom. The number of hydrogen-bond acceptors (Lipinski definition) is 5. The zero-order valence-electron chi connectivity index (χ0n) is 10.9. The lowest BCUT2D eigenvalue weighted by Gasteiger charge is -2.01. The van der Waals surface area contributed by atoms with E-state index in [2.05, 4.69) is 31.1 Å². The number of hydrogen-bond donors (Lipinski definition) is 1. The molecule has 1 unspecified atom stereocenters. The molecule has 0 saturated carbocycles. The van der Waals surface area contributed by atoms with Crippen molar-refractivity contribution in [2.75, 3.05) is 13.1 Å². The highest BCUT2D eigenvalue weighted by molar-refractivity contribution is 7.16. The molecule has 1 fully saturated rings. The summed E-state index contributed by atoms with van der Waals surface area (Å²) in [6, 6.07) is 0. The summed E-state index contributed by atoms with van der Waals surface area (Å²) in [6.07, 6.45) is 1.22. The summed E-state index contributed by atoms with van der Waals surface area (Å²) in [5, 5.41) is 5.83. The predicted octanol–water partition coefficient (Wildman–Crippen LogP) is 3.27. The first-order valence-corrected chi connectivity index (χ1v) is 7.91. The number of nitrogens with one attached hydrogen (secondary N) is 1. The van der Waals surface area contributed by atoms with E-state index < -0.39 is 0 Å². The molecule has 5 heteroatoms. The minimum absolute atomic E-state index is 0.608. The van der Waals surface area contributed by atoms with Crippen molar-refractivity contribution in [1.82, 2.24) is 15.3 Å². The molecular formula is C13H17N3S2. The largest absolute Gasteiger partial charge is 0.316 e. The third-order valence-corrected chi connectivity index (χ3v) is 5.55. The fourth-order valence-electron chi connectivity index (χ4n) is 2.42. The first-order valence-electron chi connectivity index (χ1n) is 6.27. The lowest BCUT2D eigenvalue weighted by atomic mass is 10.1. The Morgan fingerprint density at radius 1 is 1.17 bits per heavy atom. The highest BCUT2D eigenvalue weighted by atomic mass is 32.1. The average molecular weight is 279 g/mol. The molecule has 0 radical (unpaired) electrons. The zero-order valence-corrected chi connectivity index (χ0v) is 12.5. The first kappa shape index (κ1) is 12.3. The smallest absolute Gasteiger partial charge is 0.0979 e. The van der Waals surface area contributed by atoms with Gasteiger partial charge in [-0.25, -0.2) is 9.97 Å². The van der Waals surface area contributed by atoms with Crippen molar-refractivity contribution < 1.29 is 0 Å². The Balaban J connectivity index is 1.99. The molecule has 0 aromatic carbocycles. The number of rotatable bonds is 2. The molecule has 18 heavy (non-hydrogen) atoms. The normalized spacial score (nSPS) is 19.6. The van der Waals surface area contributed by atoms with Crippen LogP contribution in [0.25, 0.3) is 10.6 Å². The van der Waals surface area contributed by atoms with E-state index in [1.165, 1.54) is 21.2 Å². The molecule has 2 aromatic heterocycles. The number of aromatic nitrogens is 2. The monoisotopic (exact) mass is 279 g/mol. The molecule has 1 aliphatic rings.